The fraction of sp³-hybridized carbons (Fsp3) is 0.167. The van der Waals surface area contributed by atoms with Crippen LogP contribution in [0.2, 0.25) is 5.02 Å². The molecule has 4 heteroatoms. The number of nitrogens with two attached hydrogens (primary N) is 1. The summed E-state index contributed by atoms with van der Waals surface area (Å²) in [5.74, 6) is 0.363. The van der Waals surface area contributed by atoms with Crippen LogP contribution in [0.3, 0.4) is 0 Å². The third-order valence-corrected chi connectivity index (χ3v) is 1.47. The lowest BCUT2D eigenvalue weighted by atomic mass is 10.3. The molecule has 0 radical (unpaired) electrons. The second-order valence-corrected chi connectivity index (χ2v) is 2.27. The lowest BCUT2D eigenvalue weighted by Gasteiger charge is -1.98. The Morgan fingerprint density at radius 1 is 1.70 bits per heavy atom. The Hall–Kier alpha value is -0.800. The Bertz CT molecular complexity index is 239. The Kier molecular flexibility index (Phi) is 2.09. The SMILES string of the molecule is Nc1cc(Cl)c(CO)cn1. The molecular formula is C6H7ClN2O. The van der Waals surface area contributed by atoms with Crippen LogP contribution in [0, 0.1) is 0 Å². The van der Waals surface area contributed by atoms with Gasteiger partial charge in [0, 0.05) is 11.8 Å². The van der Waals surface area contributed by atoms with E-state index >= 15 is 0 Å². The molecule has 0 aliphatic carbocycles. The van der Waals surface area contributed by atoms with Gasteiger partial charge in [-0.15, -0.1) is 0 Å². The molecule has 0 bridgehead atoms. The molecule has 3 nitrogen and oxygen atoms in total. The maximum absolute atomic E-state index is 8.64. The van der Waals surface area contributed by atoms with E-state index in [9.17, 15) is 0 Å². The van der Waals surface area contributed by atoms with Crippen molar-refractivity contribution in [3.05, 3.63) is 22.8 Å². The van der Waals surface area contributed by atoms with Crippen molar-refractivity contribution in [1.29, 1.82) is 0 Å². The monoisotopic (exact) mass is 158 g/mol. The third kappa shape index (κ3) is 1.37. The van der Waals surface area contributed by atoms with Gasteiger partial charge in [-0.05, 0) is 6.07 Å². The first-order valence-corrected chi connectivity index (χ1v) is 3.12. The largest absolute Gasteiger partial charge is 0.392 e. The second-order valence-electron chi connectivity index (χ2n) is 1.86. The van der Waals surface area contributed by atoms with Crippen LogP contribution in [0.25, 0.3) is 0 Å². The molecule has 0 amide bonds. The summed E-state index contributed by atoms with van der Waals surface area (Å²) >= 11 is 5.65. The van der Waals surface area contributed by atoms with Crippen LogP contribution < -0.4 is 5.73 Å². The second kappa shape index (κ2) is 2.86. The van der Waals surface area contributed by atoms with Crippen molar-refractivity contribution in [3.8, 4) is 0 Å². The van der Waals surface area contributed by atoms with Crippen molar-refractivity contribution in [2.45, 2.75) is 6.61 Å². The number of hydrogen-bond acceptors (Lipinski definition) is 3. The predicted molar refractivity (Wildman–Crippen MR) is 39.6 cm³/mol. The highest BCUT2D eigenvalue weighted by Gasteiger charge is 1.98. The molecule has 0 aliphatic heterocycles. The summed E-state index contributed by atoms with van der Waals surface area (Å²) in [6, 6.07) is 1.51. The molecule has 0 saturated heterocycles. The fourth-order valence-electron chi connectivity index (χ4n) is 0.590. The van der Waals surface area contributed by atoms with E-state index in [1.807, 2.05) is 0 Å². The average molecular weight is 159 g/mol. The standard InChI is InChI=1S/C6H7ClN2O/c7-5-1-6(8)9-2-4(5)3-10/h1-2,10H,3H2,(H2,8,9). The van der Waals surface area contributed by atoms with Gasteiger partial charge in [-0.1, -0.05) is 11.6 Å². The quantitative estimate of drug-likeness (QED) is 0.636. The van der Waals surface area contributed by atoms with E-state index in [2.05, 4.69) is 4.98 Å². The summed E-state index contributed by atoms with van der Waals surface area (Å²) in [5.41, 5.74) is 5.90. The first-order chi connectivity index (χ1) is 4.74. The van der Waals surface area contributed by atoms with Gasteiger partial charge in [0.2, 0.25) is 0 Å². The molecule has 3 N–H and O–H groups in total. The van der Waals surface area contributed by atoms with E-state index in [1.165, 1.54) is 12.3 Å². The average Bonchev–Trinajstić information content (AvgIpc) is 1.88. The molecule has 0 aliphatic rings. The molecule has 1 rings (SSSR count). The van der Waals surface area contributed by atoms with E-state index in [4.69, 9.17) is 22.4 Å². The minimum atomic E-state index is -0.105. The molecule has 1 heterocycles. The van der Waals surface area contributed by atoms with E-state index in [0.29, 0.717) is 16.4 Å². The van der Waals surface area contributed by atoms with Gasteiger partial charge in [0.05, 0.1) is 11.6 Å². The predicted octanol–water partition coefficient (Wildman–Crippen LogP) is 0.810. The van der Waals surface area contributed by atoms with Crippen LogP contribution in [0.15, 0.2) is 12.3 Å². The molecular weight excluding hydrogens is 152 g/mol. The molecule has 0 atom stereocenters. The van der Waals surface area contributed by atoms with Gasteiger partial charge in [0.15, 0.2) is 0 Å². The van der Waals surface area contributed by atoms with Crippen LogP contribution in [-0.2, 0) is 6.61 Å². The van der Waals surface area contributed by atoms with Crippen LogP contribution in [0.5, 0.6) is 0 Å². The van der Waals surface area contributed by atoms with Crippen LogP contribution >= 0.6 is 11.6 Å². The van der Waals surface area contributed by atoms with Gasteiger partial charge in [-0.2, -0.15) is 0 Å². The number of hydrogen-bond donors (Lipinski definition) is 2. The molecule has 1 aromatic heterocycles. The van der Waals surface area contributed by atoms with Gasteiger partial charge in [0.1, 0.15) is 5.82 Å². The number of nitrogens with zero attached hydrogens (tertiary/aromatic N) is 1. The lowest BCUT2D eigenvalue weighted by molar-refractivity contribution is 0.281. The fourth-order valence-corrected chi connectivity index (χ4v) is 0.811. The smallest absolute Gasteiger partial charge is 0.124 e. The minimum absolute atomic E-state index is 0.105. The zero-order valence-corrected chi connectivity index (χ0v) is 5.97. The summed E-state index contributed by atoms with van der Waals surface area (Å²) in [4.78, 5) is 3.74. The highest BCUT2D eigenvalue weighted by atomic mass is 35.5. The van der Waals surface area contributed by atoms with Crippen molar-refractivity contribution in [2.75, 3.05) is 5.73 Å². The number of anilines is 1. The van der Waals surface area contributed by atoms with Gasteiger partial charge < -0.3 is 10.8 Å². The van der Waals surface area contributed by atoms with Gasteiger partial charge in [0.25, 0.3) is 0 Å². The van der Waals surface area contributed by atoms with Gasteiger partial charge >= 0.3 is 0 Å². The van der Waals surface area contributed by atoms with Crippen LogP contribution in [0.1, 0.15) is 5.56 Å². The van der Waals surface area contributed by atoms with Crippen molar-refractivity contribution in [2.24, 2.45) is 0 Å². The van der Waals surface area contributed by atoms with E-state index in [1.54, 1.807) is 0 Å². The topological polar surface area (TPSA) is 59.1 Å². The number of pyridine rings is 1. The molecule has 54 valence electrons. The third-order valence-electron chi connectivity index (χ3n) is 1.12. The zero-order valence-electron chi connectivity index (χ0n) is 5.21. The number of rotatable bonds is 1. The van der Waals surface area contributed by atoms with Crippen LogP contribution in [0.4, 0.5) is 5.82 Å². The number of halogens is 1. The Labute approximate surface area is 63.5 Å². The summed E-state index contributed by atoms with van der Waals surface area (Å²) in [6.45, 7) is -0.105. The van der Waals surface area contributed by atoms with Crippen molar-refractivity contribution >= 4 is 17.4 Å². The van der Waals surface area contributed by atoms with Crippen LogP contribution in [-0.4, -0.2) is 10.1 Å². The number of aromatic nitrogens is 1. The number of aliphatic hydroxyl groups is 1. The molecule has 0 fully saturated rings. The maximum atomic E-state index is 8.64. The molecule has 10 heavy (non-hydrogen) atoms. The highest BCUT2D eigenvalue weighted by molar-refractivity contribution is 6.31. The van der Waals surface area contributed by atoms with E-state index in [-0.39, 0.29) is 6.61 Å². The number of aliphatic hydroxyl groups excluding tert-OH is 1. The van der Waals surface area contributed by atoms with Gasteiger partial charge in [-0.25, -0.2) is 4.98 Å². The van der Waals surface area contributed by atoms with Gasteiger partial charge in [-0.3, -0.25) is 0 Å². The Morgan fingerprint density at radius 3 is 2.90 bits per heavy atom. The highest BCUT2D eigenvalue weighted by Crippen LogP contribution is 2.16. The molecule has 0 spiro atoms. The summed E-state index contributed by atoms with van der Waals surface area (Å²) in [7, 11) is 0. The zero-order chi connectivity index (χ0) is 7.56. The molecule has 0 saturated carbocycles. The maximum Gasteiger partial charge on any atom is 0.124 e. The lowest BCUT2D eigenvalue weighted by Crippen LogP contribution is -1.92. The summed E-state index contributed by atoms with van der Waals surface area (Å²) in [5, 5.41) is 9.10. The Morgan fingerprint density at radius 2 is 2.40 bits per heavy atom. The first kappa shape index (κ1) is 7.31. The van der Waals surface area contributed by atoms with Crippen molar-refractivity contribution in [1.82, 2.24) is 4.98 Å². The number of nitrogen functional groups attached to an aromatic ring is 1. The summed E-state index contributed by atoms with van der Waals surface area (Å²) < 4.78 is 0. The molecule has 0 aromatic carbocycles. The van der Waals surface area contributed by atoms with E-state index < -0.39 is 0 Å². The normalized spacial score (nSPS) is 9.80. The van der Waals surface area contributed by atoms with Crippen molar-refractivity contribution in [3.63, 3.8) is 0 Å². The Balaban J connectivity index is 3.07. The summed E-state index contributed by atoms with van der Waals surface area (Å²) in [6.07, 6.45) is 1.46. The van der Waals surface area contributed by atoms with E-state index in [0.717, 1.165) is 0 Å². The minimum Gasteiger partial charge on any atom is -0.392 e. The molecule has 0 unspecified atom stereocenters. The van der Waals surface area contributed by atoms with Crippen molar-refractivity contribution < 1.29 is 5.11 Å². The first-order valence-electron chi connectivity index (χ1n) is 2.75. The molecule has 1 aromatic rings.